The van der Waals surface area contributed by atoms with E-state index in [1.807, 2.05) is 68.4 Å². The van der Waals surface area contributed by atoms with E-state index in [4.69, 9.17) is 4.74 Å². The quantitative estimate of drug-likeness (QED) is 0.485. The molecule has 0 atom stereocenters. The summed E-state index contributed by atoms with van der Waals surface area (Å²) < 4.78 is 6.11. The molecule has 0 bridgehead atoms. The molecule has 154 valence electrons. The number of carbonyl (C=O) groups is 2. The third-order valence-corrected chi connectivity index (χ3v) is 5.95. The average molecular weight is 429 g/mol. The Balaban J connectivity index is 1.76. The van der Waals surface area contributed by atoms with Crippen molar-refractivity contribution in [3.05, 3.63) is 82.3 Å². The lowest BCUT2D eigenvalue weighted by Gasteiger charge is -2.16. The maximum Gasteiger partial charge on any atom is 0.293 e. The van der Waals surface area contributed by atoms with Gasteiger partial charge in [0.15, 0.2) is 0 Å². The lowest BCUT2D eigenvalue weighted by Crippen LogP contribution is -2.34. The van der Waals surface area contributed by atoms with Crippen molar-refractivity contribution in [2.45, 2.75) is 26.5 Å². The van der Waals surface area contributed by atoms with Crippen molar-refractivity contribution in [3.63, 3.8) is 0 Å². The van der Waals surface area contributed by atoms with Crippen LogP contribution in [0.3, 0.4) is 0 Å². The third kappa shape index (κ3) is 4.05. The number of nitrogens with zero attached hydrogens (tertiary/aromatic N) is 2. The summed E-state index contributed by atoms with van der Waals surface area (Å²) in [6, 6.07) is 20.9. The van der Waals surface area contributed by atoms with Gasteiger partial charge in [0.05, 0.1) is 16.5 Å². The van der Waals surface area contributed by atoms with Crippen LogP contribution < -0.4 is 4.74 Å². The van der Waals surface area contributed by atoms with Gasteiger partial charge in [0, 0.05) is 17.2 Å². The molecule has 1 aliphatic heterocycles. The predicted molar refractivity (Wildman–Crippen MR) is 122 cm³/mol. The fourth-order valence-electron chi connectivity index (χ4n) is 3.52. The molecule has 0 unspecified atom stereocenters. The molecule has 31 heavy (non-hydrogen) atoms. The number of fused-ring (bicyclic) bond motifs is 1. The second kappa shape index (κ2) is 8.66. The summed E-state index contributed by atoms with van der Waals surface area (Å²) in [4.78, 5) is 26.8. The SMILES string of the molecule is CC(C)N1C(=O)S/C(=C/c2c(OCc3ccccc3C#N)ccc3ccccc23)C1=O. The van der Waals surface area contributed by atoms with Gasteiger partial charge in [-0.1, -0.05) is 48.5 Å². The molecule has 0 spiro atoms. The summed E-state index contributed by atoms with van der Waals surface area (Å²) in [5.41, 5.74) is 2.08. The van der Waals surface area contributed by atoms with Gasteiger partial charge in [-0.2, -0.15) is 5.26 Å². The van der Waals surface area contributed by atoms with E-state index in [1.54, 1.807) is 12.1 Å². The van der Waals surface area contributed by atoms with Crippen LogP contribution in [-0.4, -0.2) is 22.1 Å². The minimum absolute atomic E-state index is 0.205. The second-order valence-corrected chi connectivity index (χ2v) is 8.39. The Bertz CT molecular complexity index is 1260. The average Bonchev–Trinajstić information content (AvgIpc) is 3.06. The highest BCUT2D eigenvalue weighted by Gasteiger charge is 2.36. The van der Waals surface area contributed by atoms with Crippen molar-refractivity contribution in [1.29, 1.82) is 5.26 Å². The van der Waals surface area contributed by atoms with E-state index in [0.717, 1.165) is 33.7 Å². The number of amides is 2. The number of carbonyl (C=O) groups excluding carboxylic acids is 2. The normalized spacial score (nSPS) is 15.2. The summed E-state index contributed by atoms with van der Waals surface area (Å²) in [7, 11) is 0. The number of nitriles is 1. The number of hydrogen-bond donors (Lipinski definition) is 0. The number of imide groups is 1. The van der Waals surface area contributed by atoms with E-state index in [1.165, 1.54) is 4.90 Å². The van der Waals surface area contributed by atoms with E-state index in [-0.39, 0.29) is 23.8 Å². The number of rotatable bonds is 5. The minimum atomic E-state index is -0.293. The van der Waals surface area contributed by atoms with Gasteiger partial charge in [-0.3, -0.25) is 14.5 Å². The summed E-state index contributed by atoms with van der Waals surface area (Å²) in [6.45, 7) is 3.85. The number of ether oxygens (including phenoxy) is 1. The first kappa shape index (κ1) is 20.7. The Morgan fingerprint density at radius 3 is 2.55 bits per heavy atom. The third-order valence-electron chi connectivity index (χ3n) is 5.07. The van der Waals surface area contributed by atoms with Gasteiger partial charge >= 0.3 is 0 Å². The number of benzene rings is 3. The lowest BCUT2D eigenvalue weighted by molar-refractivity contribution is -0.123. The molecule has 0 saturated carbocycles. The monoisotopic (exact) mass is 428 g/mol. The van der Waals surface area contributed by atoms with Gasteiger partial charge in [-0.25, -0.2) is 0 Å². The van der Waals surface area contributed by atoms with Gasteiger partial charge in [-0.15, -0.1) is 0 Å². The summed E-state index contributed by atoms with van der Waals surface area (Å²) in [6.07, 6.45) is 1.74. The zero-order valence-corrected chi connectivity index (χ0v) is 18.0. The molecule has 2 amide bonds. The molecular weight excluding hydrogens is 408 g/mol. The minimum Gasteiger partial charge on any atom is -0.488 e. The van der Waals surface area contributed by atoms with Crippen molar-refractivity contribution in [2.24, 2.45) is 0 Å². The first-order chi connectivity index (χ1) is 15.0. The molecule has 6 heteroatoms. The molecule has 1 aliphatic rings. The summed E-state index contributed by atoms with van der Waals surface area (Å²) >= 11 is 0.943. The smallest absolute Gasteiger partial charge is 0.293 e. The maximum absolute atomic E-state index is 12.8. The van der Waals surface area contributed by atoms with E-state index in [9.17, 15) is 14.9 Å². The first-order valence-electron chi connectivity index (χ1n) is 9.89. The Labute approximate surface area is 184 Å². The van der Waals surface area contributed by atoms with Crippen LogP contribution in [0.1, 0.15) is 30.5 Å². The lowest BCUT2D eigenvalue weighted by atomic mass is 10.0. The van der Waals surface area contributed by atoms with Crippen LogP contribution in [0.4, 0.5) is 4.79 Å². The van der Waals surface area contributed by atoms with Gasteiger partial charge in [0.1, 0.15) is 12.4 Å². The number of thioether (sulfide) groups is 1. The highest BCUT2D eigenvalue weighted by Crippen LogP contribution is 2.37. The second-order valence-electron chi connectivity index (χ2n) is 7.40. The van der Waals surface area contributed by atoms with Crippen molar-refractivity contribution in [2.75, 3.05) is 0 Å². The van der Waals surface area contributed by atoms with E-state index >= 15 is 0 Å². The Morgan fingerprint density at radius 1 is 1.06 bits per heavy atom. The van der Waals surface area contributed by atoms with Crippen LogP contribution in [0.25, 0.3) is 16.8 Å². The molecule has 0 N–H and O–H groups in total. The van der Waals surface area contributed by atoms with Crippen LogP contribution in [0.15, 0.2) is 65.6 Å². The van der Waals surface area contributed by atoms with E-state index < -0.39 is 0 Å². The van der Waals surface area contributed by atoms with Gasteiger partial charge < -0.3 is 4.74 Å². The molecule has 1 fully saturated rings. The summed E-state index contributed by atoms with van der Waals surface area (Å²) in [5.74, 6) is 0.293. The Hall–Kier alpha value is -3.56. The molecule has 0 aliphatic carbocycles. The fraction of sp³-hybridized carbons (Fsp3) is 0.160. The van der Waals surface area contributed by atoms with Crippen molar-refractivity contribution < 1.29 is 14.3 Å². The van der Waals surface area contributed by atoms with Crippen LogP contribution in [0.2, 0.25) is 0 Å². The standard InChI is InChI=1S/C25H20N2O3S/c1-16(2)27-24(28)23(31-25(27)29)13-21-20-10-6-5-7-17(20)11-12-22(21)30-15-19-9-4-3-8-18(19)14-26/h3-13,16H,15H2,1-2H3/b23-13+. The molecule has 3 aromatic carbocycles. The molecular formula is C25H20N2O3S. The van der Waals surface area contributed by atoms with Gasteiger partial charge in [0.2, 0.25) is 0 Å². The summed E-state index contributed by atoms with van der Waals surface area (Å²) in [5, 5.41) is 11.0. The molecule has 1 saturated heterocycles. The van der Waals surface area contributed by atoms with E-state index in [2.05, 4.69) is 6.07 Å². The topological polar surface area (TPSA) is 70.4 Å². The zero-order valence-electron chi connectivity index (χ0n) is 17.2. The molecule has 0 aromatic heterocycles. The van der Waals surface area contributed by atoms with Crippen LogP contribution >= 0.6 is 11.8 Å². The van der Waals surface area contributed by atoms with Gasteiger partial charge in [-0.05, 0) is 54.6 Å². The van der Waals surface area contributed by atoms with Gasteiger partial charge in [0.25, 0.3) is 11.1 Å². The first-order valence-corrected chi connectivity index (χ1v) is 10.7. The Morgan fingerprint density at radius 2 is 1.81 bits per heavy atom. The molecule has 1 heterocycles. The van der Waals surface area contributed by atoms with Crippen molar-refractivity contribution in [1.82, 2.24) is 4.90 Å². The molecule has 3 aromatic rings. The fourth-order valence-corrected chi connectivity index (χ4v) is 4.46. The van der Waals surface area contributed by atoms with Crippen LogP contribution in [0.5, 0.6) is 5.75 Å². The molecule has 0 radical (unpaired) electrons. The van der Waals surface area contributed by atoms with Crippen LogP contribution in [-0.2, 0) is 11.4 Å². The molecule has 5 nitrogen and oxygen atoms in total. The highest BCUT2D eigenvalue weighted by molar-refractivity contribution is 8.18. The zero-order chi connectivity index (χ0) is 22.0. The predicted octanol–water partition coefficient (Wildman–Crippen LogP) is 5.74. The maximum atomic E-state index is 12.8. The molecule has 4 rings (SSSR count). The Kier molecular flexibility index (Phi) is 5.79. The van der Waals surface area contributed by atoms with Crippen molar-refractivity contribution >= 4 is 39.8 Å². The van der Waals surface area contributed by atoms with Crippen molar-refractivity contribution in [3.8, 4) is 11.8 Å². The van der Waals surface area contributed by atoms with Crippen LogP contribution in [0, 0.1) is 11.3 Å². The number of hydrogen-bond acceptors (Lipinski definition) is 5. The highest BCUT2D eigenvalue weighted by atomic mass is 32.2. The largest absolute Gasteiger partial charge is 0.488 e. The van der Waals surface area contributed by atoms with E-state index in [0.29, 0.717) is 16.2 Å².